The van der Waals surface area contributed by atoms with E-state index in [4.69, 9.17) is 5.73 Å². The van der Waals surface area contributed by atoms with Gasteiger partial charge in [-0.25, -0.2) is 4.79 Å². The Labute approximate surface area is 128 Å². The Morgan fingerprint density at radius 1 is 0.955 bits per heavy atom. The summed E-state index contributed by atoms with van der Waals surface area (Å²) < 4.78 is 0. The predicted molar refractivity (Wildman–Crippen MR) is 82.6 cm³/mol. The first-order valence-electron chi connectivity index (χ1n) is 7.14. The van der Waals surface area contributed by atoms with Gasteiger partial charge >= 0.3 is 6.03 Å². The van der Waals surface area contributed by atoms with Crippen molar-refractivity contribution in [2.24, 2.45) is 5.73 Å². The zero-order valence-corrected chi connectivity index (χ0v) is 12.0. The Hall–Kier alpha value is -2.66. The Morgan fingerprint density at radius 3 is 2.23 bits per heavy atom. The molecule has 1 aliphatic rings. The molecule has 0 aromatic heterocycles. The quantitative estimate of drug-likeness (QED) is 0.846. The van der Waals surface area contributed by atoms with E-state index in [9.17, 15) is 9.59 Å². The first-order valence-corrected chi connectivity index (χ1v) is 7.14. The van der Waals surface area contributed by atoms with Crippen LogP contribution >= 0.6 is 0 Å². The summed E-state index contributed by atoms with van der Waals surface area (Å²) in [4.78, 5) is 25.8. The van der Waals surface area contributed by atoms with Gasteiger partial charge in [0.1, 0.15) is 6.04 Å². The van der Waals surface area contributed by atoms with Crippen LogP contribution in [0.5, 0.6) is 0 Å². The molecule has 112 valence electrons. The predicted octanol–water partition coefficient (Wildman–Crippen LogP) is 1.94. The highest BCUT2D eigenvalue weighted by molar-refractivity contribution is 6.04. The smallest absolute Gasteiger partial charge is 0.325 e. The van der Waals surface area contributed by atoms with Crippen molar-refractivity contribution in [1.82, 2.24) is 10.2 Å². The fourth-order valence-corrected chi connectivity index (χ4v) is 2.50. The molecule has 0 aliphatic carbocycles. The molecule has 0 radical (unpaired) electrons. The Balaban J connectivity index is 1.77. The molecule has 5 heteroatoms. The maximum absolute atomic E-state index is 12.5. The molecule has 5 nitrogen and oxygen atoms in total. The number of nitrogens with zero attached hydrogens (tertiary/aromatic N) is 1. The van der Waals surface area contributed by atoms with E-state index in [1.54, 1.807) is 0 Å². The number of imide groups is 1. The molecule has 1 aliphatic heterocycles. The van der Waals surface area contributed by atoms with E-state index in [1.165, 1.54) is 4.90 Å². The molecule has 0 spiro atoms. The lowest BCUT2D eigenvalue weighted by atomic mass is 10.1. The minimum absolute atomic E-state index is 0.223. The maximum atomic E-state index is 12.5. The summed E-state index contributed by atoms with van der Waals surface area (Å²) in [6.45, 7) is 0.734. The van der Waals surface area contributed by atoms with E-state index in [1.807, 2.05) is 54.6 Å². The molecule has 1 saturated heterocycles. The maximum Gasteiger partial charge on any atom is 0.325 e. The normalized spacial score (nSPS) is 17.7. The summed E-state index contributed by atoms with van der Waals surface area (Å²) >= 11 is 0. The van der Waals surface area contributed by atoms with Crippen LogP contribution in [0.15, 0.2) is 54.6 Å². The summed E-state index contributed by atoms with van der Waals surface area (Å²) in [5.74, 6) is -0.223. The van der Waals surface area contributed by atoms with Crippen molar-refractivity contribution < 1.29 is 9.59 Å². The van der Waals surface area contributed by atoms with E-state index in [-0.39, 0.29) is 18.5 Å². The molecule has 1 fully saturated rings. The monoisotopic (exact) mass is 295 g/mol. The third-order valence-corrected chi connectivity index (χ3v) is 3.76. The van der Waals surface area contributed by atoms with Crippen LogP contribution in [-0.4, -0.2) is 16.8 Å². The Kier molecular flexibility index (Phi) is 3.89. The summed E-state index contributed by atoms with van der Waals surface area (Å²) in [5, 5.41) is 2.73. The first kappa shape index (κ1) is 14.3. The van der Waals surface area contributed by atoms with Gasteiger partial charge in [-0.15, -0.1) is 0 Å². The number of nitrogens with one attached hydrogen (secondary N) is 1. The fourth-order valence-electron chi connectivity index (χ4n) is 2.50. The lowest BCUT2D eigenvalue weighted by Gasteiger charge is -2.13. The van der Waals surface area contributed by atoms with Crippen molar-refractivity contribution in [3.05, 3.63) is 71.3 Å². The van der Waals surface area contributed by atoms with Crippen LogP contribution in [0.4, 0.5) is 4.79 Å². The van der Waals surface area contributed by atoms with Crippen LogP contribution in [0.1, 0.15) is 22.7 Å². The molecule has 22 heavy (non-hydrogen) atoms. The van der Waals surface area contributed by atoms with Crippen LogP contribution in [0.25, 0.3) is 0 Å². The lowest BCUT2D eigenvalue weighted by molar-refractivity contribution is -0.128. The molecule has 0 saturated carbocycles. The topological polar surface area (TPSA) is 75.4 Å². The van der Waals surface area contributed by atoms with Gasteiger partial charge in [0.15, 0.2) is 0 Å². The van der Waals surface area contributed by atoms with E-state index >= 15 is 0 Å². The average Bonchev–Trinajstić information content (AvgIpc) is 2.84. The minimum Gasteiger partial charge on any atom is -0.326 e. The van der Waals surface area contributed by atoms with Gasteiger partial charge < -0.3 is 11.1 Å². The molecule has 1 heterocycles. The number of hydrogen-bond acceptors (Lipinski definition) is 3. The number of nitrogens with two attached hydrogens (primary N) is 1. The molecule has 1 unspecified atom stereocenters. The first-order chi connectivity index (χ1) is 10.7. The summed E-state index contributed by atoms with van der Waals surface area (Å²) in [6, 6.07) is 15.9. The molecule has 3 rings (SSSR count). The largest absolute Gasteiger partial charge is 0.326 e. The van der Waals surface area contributed by atoms with Gasteiger partial charge in [-0.05, 0) is 16.7 Å². The fraction of sp³-hybridized carbons (Fsp3) is 0.176. The summed E-state index contributed by atoms with van der Waals surface area (Å²) in [5.41, 5.74) is 8.27. The molecule has 3 amide bonds. The molecule has 2 aromatic rings. The van der Waals surface area contributed by atoms with Crippen molar-refractivity contribution >= 4 is 11.9 Å². The second-order valence-electron chi connectivity index (χ2n) is 5.24. The average molecular weight is 295 g/mol. The van der Waals surface area contributed by atoms with Crippen LogP contribution < -0.4 is 11.1 Å². The van der Waals surface area contributed by atoms with E-state index in [0.29, 0.717) is 6.54 Å². The van der Waals surface area contributed by atoms with Gasteiger partial charge in [-0.3, -0.25) is 9.69 Å². The standard InChI is InChI=1S/C17H17N3O2/c18-10-12-6-8-13(9-7-12)11-20-16(21)15(19-17(20)22)14-4-2-1-3-5-14/h1-9,15H,10-11,18H2,(H,19,22). The second-order valence-corrected chi connectivity index (χ2v) is 5.24. The highest BCUT2D eigenvalue weighted by Crippen LogP contribution is 2.23. The molecular formula is C17H17N3O2. The molecule has 1 atom stereocenters. The van der Waals surface area contributed by atoms with Crippen molar-refractivity contribution in [2.75, 3.05) is 0 Å². The zero-order chi connectivity index (χ0) is 15.5. The number of urea groups is 1. The third-order valence-electron chi connectivity index (χ3n) is 3.76. The van der Waals surface area contributed by atoms with Crippen LogP contribution in [0.3, 0.4) is 0 Å². The number of benzene rings is 2. The SMILES string of the molecule is NCc1ccc(CN2C(=O)NC(c3ccccc3)C2=O)cc1. The number of carbonyl (C=O) groups excluding carboxylic acids is 2. The highest BCUT2D eigenvalue weighted by Gasteiger charge is 2.38. The van der Waals surface area contributed by atoms with Crippen LogP contribution in [0, 0.1) is 0 Å². The van der Waals surface area contributed by atoms with Crippen LogP contribution in [0.2, 0.25) is 0 Å². The van der Waals surface area contributed by atoms with Gasteiger partial charge in [-0.1, -0.05) is 54.6 Å². The summed E-state index contributed by atoms with van der Waals surface area (Å²) in [6.07, 6.45) is 0. The number of rotatable bonds is 4. The highest BCUT2D eigenvalue weighted by atomic mass is 16.2. The van der Waals surface area contributed by atoms with Gasteiger partial charge in [0.05, 0.1) is 6.54 Å². The second kappa shape index (κ2) is 5.99. The molecule has 3 N–H and O–H groups in total. The zero-order valence-electron chi connectivity index (χ0n) is 12.0. The van der Waals surface area contributed by atoms with Gasteiger partial charge in [0.2, 0.25) is 0 Å². The Morgan fingerprint density at radius 2 is 1.59 bits per heavy atom. The number of amides is 3. The number of hydrogen-bond donors (Lipinski definition) is 2. The minimum atomic E-state index is -0.600. The Bertz CT molecular complexity index is 683. The van der Waals surface area contributed by atoms with E-state index in [0.717, 1.165) is 16.7 Å². The number of carbonyl (C=O) groups is 2. The molecule has 2 aromatic carbocycles. The van der Waals surface area contributed by atoms with Gasteiger partial charge in [0.25, 0.3) is 5.91 Å². The van der Waals surface area contributed by atoms with Gasteiger partial charge in [0, 0.05) is 6.54 Å². The molecule has 0 bridgehead atoms. The van der Waals surface area contributed by atoms with E-state index < -0.39 is 6.04 Å². The molecular weight excluding hydrogens is 278 g/mol. The lowest BCUT2D eigenvalue weighted by Crippen LogP contribution is -2.30. The summed E-state index contributed by atoms with van der Waals surface area (Å²) in [7, 11) is 0. The van der Waals surface area contributed by atoms with Crippen molar-refractivity contribution in [1.29, 1.82) is 0 Å². The van der Waals surface area contributed by atoms with Crippen molar-refractivity contribution in [3.8, 4) is 0 Å². The van der Waals surface area contributed by atoms with Crippen molar-refractivity contribution in [3.63, 3.8) is 0 Å². The third kappa shape index (κ3) is 2.71. The van der Waals surface area contributed by atoms with E-state index in [2.05, 4.69) is 5.32 Å². The van der Waals surface area contributed by atoms with Crippen molar-refractivity contribution in [2.45, 2.75) is 19.1 Å². The van der Waals surface area contributed by atoms with Crippen LogP contribution in [-0.2, 0) is 17.9 Å². The van der Waals surface area contributed by atoms with Gasteiger partial charge in [-0.2, -0.15) is 0 Å².